The molecule has 1 amide bonds. The molecule has 7 heteroatoms. The van der Waals surface area contributed by atoms with Gasteiger partial charge < -0.3 is 4.57 Å². The number of benzene rings is 2. The van der Waals surface area contributed by atoms with Crippen LogP contribution in [0.25, 0.3) is 10.2 Å². The third-order valence-electron chi connectivity index (χ3n) is 3.42. The molecule has 0 aliphatic heterocycles. The molecule has 0 saturated heterocycles. The predicted molar refractivity (Wildman–Crippen MR) is 88.2 cm³/mol. The summed E-state index contributed by atoms with van der Waals surface area (Å²) < 4.78 is 2.56. The number of aryl methyl sites for hydroxylation is 1. The Morgan fingerprint density at radius 2 is 2.00 bits per heavy atom. The minimum Gasteiger partial charge on any atom is -0.319 e. The number of nitro groups is 1. The van der Waals surface area contributed by atoms with Crippen LogP contribution in [0.2, 0.25) is 0 Å². The first-order valence-electron chi connectivity index (χ1n) is 6.90. The molecule has 0 aliphatic rings. The Kier molecular flexibility index (Phi) is 4.03. The number of rotatable bonds is 3. The average molecular weight is 327 g/mol. The van der Waals surface area contributed by atoms with Gasteiger partial charge in [0.05, 0.1) is 21.6 Å². The SMILES string of the molecule is Cn1c(=NC(=O)Cc2ccccc2)sc2ccc([N+](=O)[O-])cc21. The van der Waals surface area contributed by atoms with Crippen LogP contribution < -0.4 is 4.80 Å². The van der Waals surface area contributed by atoms with E-state index in [1.165, 1.54) is 23.5 Å². The first-order chi connectivity index (χ1) is 11.0. The molecule has 1 heterocycles. The number of fused-ring (bicyclic) bond motifs is 1. The zero-order valence-corrected chi connectivity index (χ0v) is 13.1. The summed E-state index contributed by atoms with van der Waals surface area (Å²) in [5.74, 6) is -0.243. The fraction of sp³-hybridized carbons (Fsp3) is 0.125. The third-order valence-corrected chi connectivity index (χ3v) is 4.53. The highest BCUT2D eigenvalue weighted by atomic mass is 32.1. The zero-order valence-electron chi connectivity index (χ0n) is 12.3. The standard InChI is InChI=1S/C16H13N3O3S/c1-18-13-10-12(19(21)22)7-8-14(13)23-16(18)17-15(20)9-11-5-3-2-4-6-11/h2-8,10H,9H2,1H3. The highest BCUT2D eigenvalue weighted by molar-refractivity contribution is 7.16. The molecule has 0 fully saturated rings. The summed E-state index contributed by atoms with van der Waals surface area (Å²) in [6, 6.07) is 14.0. The van der Waals surface area contributed by atoms with E-state index in [1.807, 2.05) is 30.3 Å². The van der Waals surface area contributed by atoms with Crippen molar-refractivity contribution < 1.29 is 9.72 Å². The van der Waals surface area contributed by atoms with Gasteiger partial charge in [0.25, 0.3) is 11.6 Å². The molecular weight excluding hydrogens is 314 g/mol. The topological polar surface area (TPSA) is 77.5 Å². The summed E-state index contributed by atoms with van der Waals surface area (Å²) in [6.07, 6.45) is 0.231. The fourth-order valence-corrected chi connectivity index (χ4v) is 3.27. The number of carbonyl (C=O) groups excluding carboxylic acids is 1. The summed E-state index contributed by atoms with van der Waals surface area (Å²) in [5, 5.41) is 10.9. The Morgan fingerprint density at radius 1 is 1.26 bits per heavy atom. The van der Waals surface area contributed by atoms with Crippen LogP contribution in [0.1, 0.15) is 5.56 Å². The predicted octanol–water partition coefficient (Wildman–Crippen LogP) is 2.82. The maximum Gasteiger partial charge on any atom is 0.271 e. The van der Waals surface area contributed by atoms with Crippen molar-refractivity contribution in [1.82, 2.24) is 4.57 Å². The monoisotopic (exact) mass is 327 g/mol. The van der Waals surface area contributed by atoms with Crippen LogP contribution in [0.4, 0.5) is 5.69 Å². The number of hydrogen-bond acceptors (Lipinski definition) is 4. The lowest BCUT2D eigenvalue weighted by Crippen LogP contribution is -2.14. The summed E-state index contributed by atoms with van der Waals surface area (Å²) in [4.78, 5) is 27.2. The first kappa shape index (κ1) is 15.1. The van der Waals surface area contributed by atoms with Crippen LogP contribution in [-0.4, -0.2) is 15.4 Å². The highest BCUT2D eigenvalue weighted by Crippen LogP contribution is 2.22. The summed E-state index contributed by atoms with van der Waals surface area (Å²) in [5.41, 5.74) is 1.61. The van der Waals surface area contributed by atoms with Crippen molar-refractivity contribution in [3.8, 4) is 0 Å². The smallest absolute Gasteiger partial charge is 0.271 e. The van der Waals surface area contributed by atoms with Crippen molar-refractivity contribution in [3.05, 3.63) is 69.0 Å². The minimum atomic E-state index is -0.436. The number of nitrogens with zero attached hydrogens (tertiary/aromatic N) is 3. The van der Waals surface area contributed by atoms with E-state index in [-0.39, 0.29) is 18.0 Å². The Labute approximate surface area is 135 Å². The van der Waals surface area contributed by atoms with E-state index in [9.17, 15) is 14.9 Å². The van der Waals surface area contributed by atoms with Gasteiger partial charge in [0.1, 0.15) is 0 Å². The summed E-state index contributed by atoms with van der Waals surface area (Å²) in [7, 11) is 1.75. The molecule has 6 nitrogen and oxygen atoms in total. The molecule has 0 saturated carbocycles. The van der Waals surface area contributed by atoms with Crippen LogP contribution in [-0.2, 0) is 18.3 Å². The van der Waals surface area contributed by atoms with E-state index >= 15 is 0 Å². The maximum absolute atomic E-state index is 12.1. The van der Waals surface area contributed by atoms with E-state index in [0.717, 1.165) is 10.3 Å². The van der Waals surface area contributed by atoms with Crippen LogP contribution in [0.3, 0.4) is 0 Å². The molecule has 0 bridgehead atoms. The lowest BCUT2D eigenvalue weighted by Gasteiger charge is -1.97. The second kappa shape index (κ2) is 6.13. The highest BCUT2D eigenvalue weighted by Gasteiger charge is 2.11. The van der Waals surface area contributed by atoms with Crippen molar-refractivity contribution in [3.63, 3.8) is 0 Å². The van der Waals surface area contributed by atoms with Gasteiger partial charge in [-0.05, 0) is 11.6 Å². The lowest BCUT2D eigenvalue weighted by molar-refractivity contribution is -0.384. The molecule has 0 radical (unpaired) electrons. The molecule has 0 unspecified atom stereocenters. The number of carbonyl (C=O) groups is 1. The fourth-order valence-electron chi connectivity index (χ4n) is 2.25. The van der Waals surface area contributed by atoms with Gasteiger partial charge in [0.15, 0.2) is 4.80 Å². The molecule has 0 atom stereocenters. The molecular formula is C16H13N3O3S. The normalized spacial score (nSPS) is 11.8. The van der Waals surface area contributed by atoms with Crippen LogP contribution in [0, 0.1) is 10.1 Å². The summed E-state index contributed by atoms with van der Waals surface area (Å²) >= 11 is 1.34. The Bertz CT molecular complexity index is 958. The Morgan fingerprint density at radius 3 is 2.70 bits per heavy atom. The second-order valence-electron chi connectivity index (χ2n) is 5.02. The minimum absolute atomic E-state index is 0.0214. The van der Waals surface area contributed by atoms with Gasteiger partial charge in [-0.15, -0.1) is 0 Å². The van der Waals surface area contributed by atoms with Crippen molar-refractivity contribution in [2.45, 2.75) is 6.42 Å². The molecule has 0 aliphatic carbocycles. The number of nitro benzene ring substituents is 1. The number of thiazole rings is 1. The van der Waals surface area contributed by atoms with Gasteiger partial charge in [-0.3, -0.25) is 14.9 Å². The third kappa shape index (κ3) is 3.19. The van der Waals surface area contributed by atoms with Crippen LogP contribution in [0.5, 0.6) is 0 Å². The van der Waals surface area contributed by atoms with Gasteiger partial charge in [0, 0.05) is 19.2 Å². The average Bonchev–Trinajstić information content (AvgIpc) is 2.84. The number of aromatic nitrogens is 1. The number of non-ortho nitro benzene ring substituents is 1. The molecule has 3 aromatic rings. The number of amides is 1. The first-order valence-corrected chi connectivity index (χ1v) is 7.72. The van der Waals surface area contributed by atoms with Gasteiger partial charge in [-0.25, -0.2) is 0 Å². The largest absolute Gasteiger partial charge is 0.319 e. The lowest BCUT2D eigenvalue weighted by atomic mass is 10.1. The molecule has 0 spiro atoms. The van der Waals surface area contributed by atoms with Crippen molar-refractivity contribution in [2.75, 3.05) is 0 Å². The molecule has 3 rings (SSSR count). The van der Waals surface area contributed by atoms with Gasteiger partial charge in [-0.1, -0.05) is 41.7 Å². The Balaban J connectivity index is 1.97. The quantitative estimate of drug-likeness (QED) is 0.548. The number of hydrogen-bond donors (Lipinski definition) is 0. The van der Waals surface area contributed by atoms with Gasteiger partial charge >= 0.3 is 0 Å². The summed E-state index contributed by atoms with van der Waals surface area (Å²) in [6.45, 7) is 0. The maximum atomic E-state index is 12.1. The van der Waals surface area contributed by atoms with E-state index in [4.69, 9.17) is 0 Å². The van der Waals surface area contributed by atoms with Gasteiger partial charge in [0.2, 0.25) is 0 Å². The molecule has 2 aromatic carbocycles. The van der Waals surface area contributed by atoms with Crippen molar-refractivity contribution in [2.24, 2.45) is 12.0 Å². The van der Waals surface area contributed by atoms with Crippen LogP contribution >= 0.6 is 11.3 Å². The van der Waals surface area contributed by atoms with Crippen molar-refractivity contribution >= 4 is 33.1 Å². The second-order valence-corrected chi connectivity index (χ2v) is 6.03. The molecule has 116 valence electrons. The van der Waals surface area contributed by atoms with Crippen molar-refractivity contribution in [1.29, 1.82) is 0 Å². The van der Waals surface area contributed by atoms with E-state index in [2.05, 4.69) is 4.99 Å². The van der Waals surface area contributed by atoms with E-state index < -0.39 is 4.92 Å². The molecule has 0 N–H and O–H groups in total. The van der Waals surface area contributed by atoms with Gasteiger partial charge in [-0.2, -0.15) is 4.99 Å². The van der Waals surface area contributed by atoms with E-state index in [1.54, 1.807) is 17.7 Å². The molecule has 1 aromatic heterocycles. The molecule has 23 heavy (non-hydrogen) atoms. The zero-order chi connectivity index (χ0) is 16.4. The Hall–Kier alpha value is -2.80. The van der Waals surface area contributed by atoms with Crippen LogP contribution in [0.15, 0.2) is 53.5 Å². The van der Waals surface area contributed by atoms with E-state index in [0.29, 0.717) is 10.3 Å².